The molecule has 0 fully saturated rings. The van der Waals surface area contributed by atoms with Crippen molar-refractivity contribution in [1.29, 1.82) is 0 Å². The lowest BCUT2D eigenvalue weighted by Crippen LogP contribution is -2.11. The summed E-state index contributed by atoms with van der Waals surface area (Å²) < 4.78 is 0. The zero-order valence-electron chi connectivity index (χ0n) is 10.9. The van der Waals surface area contributed by atoms with E-state index in [2.05, 4.69) is 39.8 Å². The van der Waals surface area contributed by atoms with Gasteiger partial charge in [0.25, 0.3) is 0 Å². The minimum Gasteiger partial charge on any atom is -0.478 e. The monoisotopic (exact) mass is 232 g/mol. The van der Waals surface area contributed by atoms with Gasteiger partial charge < -0.3 is 5.11 Å². The van der Waals surface area contributed by atoms with Gasteiger partial charge in [0.1, 0.15) is 0 Å². The molecular formula is C15H20O2. The van der Waals surface area contributed by atoms with Crippen LogP contribution in [-0.2, 0) is 16.6 Å². The number of carbonyl (C=O) groups is 1. The third-order valence-corrected chi connectivity index (χ3v) is 2.71. The molecule has 1 aromatic carbocycles. The molecular weight excluding hydrogens is 212 g/mol. The summed E-state index contributed by atoms with van der Waals surface area (Å²) in [6.07, 6.45) is 3.79. The van der Waals surface area contributed by atoms with Crippen molar-refractivity contribution in [2.24, 2.45) is 0 Å². The first-order valence-corrected chi connectivity index (χ1v) is 5.88. The van der Waals surface area contributed by atoms with Gasteiger partial charge in [0, 0.05) is 6.08 Å². The van der Waals surface area contributed by atoms with Gasteiger partial charge in [-0.25, -0.2) is 4.79 Å². The summed E-state index contributed by atoms with van der Waals surface area (Å²) in [4.78, 5) is 10.5. The molecule has 0 aromatic heterocycles. The summed E-state index contributed by atoms with van der Waals surface area (Å²) >= 11 is 0. The molecule has 0 atom stereocenters. The highest BCUT2D eigenvalue weighted by molar-refractivity contribution is 5.85. The Morgan fingerprint density at radius 2 is 1.94 bits per heavy atom. The minimum atomic E-state index is -0.913. The van der Waals surface area contributed by atoms with Crippen LogP contribution >= 0.6 is 0 Å². The maximum absolute atomic E-state index is 10.5. The van der Waals surface area contributed by atoms with Crippen molar-refractivity contribution in [3.63, 3.8) is 0 Å². The highest BCUT2D eigenvalue weighted by atomic mass is 16.4. The maximum Gasteiger partial charge on any atom is 0.328 e. The van der Waals surface area contributed by atoms with E-state index >= 15 is 0 Å². The molecule has 92 valence electrons. The predicted molar refractivity (Wildman–Crippen MR) is 71.2 cm³/mol. The molecule has 0 heterocycles. The van der Waals surface area contributed by atoms with Gasteiger partial charge >= 0.3 is 5.97 Å². The molecule has 0 radical (unpaired) electrons. The zero-order valence-corrected chi connectivity index (χ0v) is 10.9. The van der Waals surface area contributed by atoms with Gasteiger partial charge in [-0.05, 0) is 34.6 Å². The lowest BCUT2D eigenvalue weighted by Gasteiger charge is -2.20. The molecule has 2 nitrogen and oxygen atoms in total. The van der Waals surface area contributed by atoms with Crippen LogP contribution in [0.1, 0.15) is 44.4 Å². The number of benzene rings is 1. The van der Waals surface area contributed by atoms with Crippen molar-refractivity contribution in [3.8, 4) is 0 Å². The van der Waals surface area contributed by atoms with E-state index in [4.69, 9.17) is 5.11 Å². The summed E-state index contributed by atoms with van der Waals surface area (Å²) in [5, 5.41) is 8.64. The van der Waals surface area contributed by atoms with Crippen LogP contribution in [-0.4, -0.2) is 11.1 Å². The Labute approximate surface area is 103 Å². The van der Waals surface area contributed by atoms with Gasteiger partial charge in [0.2, 0.25) is 0 Å². The molecule has 0 bridgehead atoms. The number of hydrogen-bond acceptors (Lipinski definition) is 1. The maximum atomic E-state index is 10.5. The van der Waals surface area contributed by atoms with E-state index < -0.39 is 5.97 Å². The normalized spacial score (nSPS) is 12.0. The first kappa shape index (κ1) is 13.5. The van der Waals surface area contributed by atoms with Crippen LogP contribution in [0.25, 0.3) is 6.08 Å². The quantitative estimate of drug-likeness (QED) is 0.808. The molecule has 0 aliphatic heterocycles. The molecule has 0 aliphatic carbocycles. The van der Waals surface area contributed by atoms with Crippen molar-refractivity contribution in [2.75, 3.05) is 0 Å². The van der Waals surface area contributed by atoms with E-state index in [-0.39, 0.29) is 5.41 Å². The van der Waals surface area contributed by atoms with Crippen molar-refractivity contribution in [2.45, 2.75) is 39.5 Å². The first-order chi connectivity index (χ1) is 7.82. The van der Waals surface area contributed by atoms with Crippen molar-refractivity contribution >= 4 is 12.0 Å². The molecule has 0 aliphatic rings. The Morgan fingerprint density at radius 3 is 2.41 bits per heavy atom. The van der Waals surface area contributed by atoms with Gasteiger partial charge in [-0.1, -0.05) is 45.9 Å². The van der Waals surface area contributed by atoms with Crippen LogP contribution in [0.3, 0.4) is 0 Å². The molecule has 1 N–H and O–H groups in total. The molecule has 0 saturated heterocycles. The van der Waals surface area contributed by atoms with Gasteiger partial charge in [0.05, 0.1) is 0 Å². The third kappa shape index (κ3) is 4.06. The van der Waals surface area contributed by atoms with Gasteiger partial charge in [-0.15, -0.1) is 0 Å². The molecule has 0 saturated carbocycles. The molecule has 1 aromatic rings. The number of aliphatic carboxylic acids is 1. The number of rotatable bonds is 3. The van der Waals surface area contributed by atoms with E-state index in [1.165, 1.54) is 17.2 Å². The average molecular weight is 232 g/mol. The minimum absolute atomic E-state index is 0.0804. The van der Waals surface area contributed by atoms with Crippen molar-refractivity contribution in [1.82, 2.24) is 0 Å². The average Bonchev–Trinajstić information content (AvgIpc) is 2.24. The molecule has 0 spiro atoms. The van der Waals surface area contributed by atoms with E-state index in [0.29, 0.717) is 0 Å². The summed E-state index contributed by atoms with van der Waals surface area (Å²) in [6, 6.07) is 6.28. The number of hydrogen-bond donors (Lipinski definition) is 1. The molecule has 2 heteroatoms. The molecule has 0 unspecified atom stereocenters. The van der Waals surface area contributed by atoms with Crippen LogP contribution < -0.4 is 0 Å². The Morgan fingerprint density at radius 1 is 1.29 bits per heavy atom. The molecule has 1 rings (SSSR count). The summed E-state index contributed by atoms with van der Waals surface area (Å²) in [7, 11) is 0. The Hall–Kier alpha value is -1.57. The second kappa shape index (κ2) is 5.17. The van der Waals surface area contributed by atoms with Crippen LogP contribution in [0.2, 0.25) is 0 Å². The van der Waals surface area contributed by atoms with Crippen molar-refractivity contribution in [3.05, 3.63) is 41.0 Å². The van der Waals surface area contributed by atoms with Crippen LogP contribution in [0.4, 0.5) is 0 Å². The van der Waals surface area contributed by atoms with E-state index in [0.717, 1.165) is 12.0 Å². The summed E-state index contributed by atoms with van der Waals surface area (Å²) in [5.74, 6) is -0.913. The topological polar surface area (TPSA) is 37.3 Å². The van der Waals surface area contributed by atoms with Gasteiger partial charge in [0.15, 0.2) is 0 Å². The fourth-order valence-electron chi connectivity index (χ4n) is 1.62. The lowest BCUT2D eigenvalue weighted by atomic mass is 9.84. The number of carboxylic acid groups (broad SMARTS) is 1. The number of aryl methyl sites for hydroxylation is 1. The third-order valence-electron chi connectivity index (χ3n) is 2.71. The second-order valence-corrected chi connectivity index (χ2v) is 5.24. The highest BCUT2D eigenvalue weighted by Gasteiger charge is 2.14. The fourth-order valence-corrected chi connectivity index (χ4v) is 1.62. The summed E-state index contributed by atoms with van der Waals surface area (Å²) in [6.45, 7) is 8.58. The van der Waals surface area contributed by atoms with Crippen LogP contribution in [0.5, 0.6) is 0 Å². The smallest absolute Gasteiger partial charge is 0.328 e. The van der Waals surface area contributed by atoms with Crippen molar-refractivity contribution < 1.29 is 9.90 Å². The first-order valence-electron chi connectivity index (χ1n) is 5.88. The van der Waals surface area contributed by atoms with Gasteiger partial charge in [-0.3, -0.25) is 0 Å². The van der Waals surface area contributed by atoms with E-state index in [1.54, 1.807) is 6.08 Å². The second-order valence-electron chi connectivity index (χ2n) is 5.24. The largest absolute Gasteiger partial charge is 0.478 e. The van der Waals surface area contributed by atoms with E-state index in [9.17, 15) is 4.79 Å². The van der Waals surface area contributed by atoms with Crippen LogP contribution in [0, 0.1) is 0 Å². The van der Waals surface area contributed by atoms with E-state index in [1.807, 2.05) is 6.07 Å². The summed E-state index contributed by atoms with van der Waals surface area (Å²) in [5.41, 5.74) is 3.51. The zero-order chi connectivity index (χ0) is 13.1. The fraction of sp³-hybridized carbons (Fsp3) is 0.400. The highest BCUT2D eigenvalue weighted by Crippen LogP contribution is 2.25. The Kier molecular flexibility index (Phi) is 4.11. The Bertz CT molecular complexity index is 437. The molecule has 0 amide bonds. The Balaban J connectivity index is 3.19. The molecule has 17 heavy (non-hydrogen) atoms. The van der Waals surface area contributed by atoms with Crippen LogP contribution in [0.15, 0.2) is 24.3 Å². The lowest BCUT2D eigenvalue weighted by molar-refractivity contribution is -0.131. The predicted octanol–water partition coefficient (Wildman–Crippen LogP) is 3.64. The van der Waals surface area contributed by atoms with Gasteiger partial charge in [-0.2, -0.15) is 0 Å². The SMILES string of the molecule is CCc1cc(/C=C/C(=O)O)cc(C(C)(C)C)c1. The standard InChI is InChI=1S/C15H20O2/c1-5-11-8-12(6-7-14(16)17)10-13(9-11)15(2,3)4/h6-10H,5H2,1-4H3,(H,16,17)/b7-6+. The number of carboxylic acids is 1.